The summed E-state index contributed by atoms with van der Waals surface area (Å²) in [4.78, 5) is 41.9. The highest BCUT2D eigenvalue weighted by Gasteiger charge is 2.36. The molecular weight excluding hydrogens is 340 g/mol. The fourth-order valence-corrected chi connectivity index (χ4v) is 3.94. The maximum atomic E-state index is 12.4. The van der Waals surface area contributed by atoms with Crippen molar-refractivity contribution < 1.29 is 4.79 Å². The molecule has 1 aromatic carbocycles. The molecule has 0 aliphatic carbocycles. The maximum absolute atomic E-state index is 12.4. The molecule has 8 nitrogen and oxygen atoms in total. The van der Waals surface area contributed by atoms with Crippen molar-refractivity contribution >= 4 is 40.5 Å². The zero-order valence-electron chi connectivity index (χ0n) is 13.7. The number of hydrogen-bond donors (Lipinski definition) is 2. The topological polar surface area (TPSA) is 98.0 Å². The van der Waals surface area contributed by atoms with Crippen LogP contribution < -0.4 is 15.4 Å². The second-order valence-electron chi connectivity index (χ2n) is 5.90. The van der Waals surface area contributed by atoms with E-state index in [0.29, 0.717) is 16.9 Å². The number of H-pyrrole nitrogens is 2. The van der Waals surface area contributed by atoms with Gasteiger partial charge in [0.15, 0.2) is 11.2 Å². The average molecular weight is 356 g/mol. The summed E-state index contributed by atoms with van der Waals surface area (Å²) in [7, 11) is 3.95. The number of nitrogens with one attached hydrogen (secondary N) is 2. The standard InChI is InChI=1S/C16H16N6O2S/c1-21(2)10-5-3-9(4-6-10)15-22(11(23)7-25-15)16-19-13-12(14(24)20-16)17-8-18-13/h3-6,8,15H,7H2,1-2H3,(H2,17,18,19,20,24). The Kier molecular flexibility index (Phi) is 3.72. The predicted octanol–water partition coefficient (Wildman–Crippen LogP) is 1.49. The van der Waals surface area contributed by atoms with Gasteiger partial charge in [0.25, 0.3) is 5.56 Å². The fourth-order valence-electron chi connectivity index (χ4n) is 2.78. The van der Waals surface area contributed by atoms with Crippen LogP contribution in [-0.2, 0) is 4.79 Å². The first-order valence-corrected chi connectivity index (χ1v) is 8.74. The quantitative estimate of drug-likeness (QED) is 0.738. The van der Waals surface area contributed by atoms with Crippen molar-refractivity contribution in [3.63, 3.8) is 0 Å². The Morgan fingerprint density at radius 3 is 2.72 bits per heavy atom. The third-order valence-corrected chi connectivity index (χ3v) is 5.29. The van der Waals surface area contributed by atoms with E-state index in [2.05, 4.69) is 19.9 Å². The minimum Gasteiger partial charge on any atom is -0.378 e. The van der Waals surface area contributed by atoms with E-state index in [1.54, 1.807) is 0 Å². The Hall–Kier alpha value is -2.81. The number of aromatic nitrogens is 4. The average Bonchev–Trinajstić information content (AvgIpc) is 3.21. The van der Waals surface area contributed by atoms with Crippen LogP contribution >= 0.6 is 11.8 Å². The summed E-state index contributed by atoms with van der Waals surface area (Å²) in [6.45, 7) is 0. The molecule has 2 aromatic heterocycles. The Morgan fingerprint density at radius 2 is 2.00 bits per heavy atom. The Labute approximate surface area is 147 Å². The number of hydrogen-bond acceptors (Lipinski definition) is 6. The van der Waals surface area contributed by atoms with Crippen molar-refractivity contribution in [2.75, 3.05) is 29.6 Å². The number of carbonyl (C=O) groups excluding carboxylic acids is 1. The number of aromatic amines is 2. The van der Waals surface area contributed by atoms with Crippen LogP contribution in [0.25, 0.3) is 11.2 Å². The van der Waals surface area contributed by atoms with Crippen LogP contribution in [0.2, 0.25) is 0 Å². The number of anilines is 2. The van der Waals surface area contributed by atoms with Crippen LogP contribution in [0.5, 0.6) is 0 Å². The summed E-state index contributed by atoms with van der Waals surface area (Å²) in [5, 5.41) is -0.233. The van der Waals surface area contributed by atoms with E-state index in [-0.39, 0.29) is 22.8 Å². The van der Waals surface area contributed by atoms with Crippen molar-refractivity contribution in [2.24, 2.45) is 0 Å². The molecule has 128 valence electrons. The van der Waals surface area contributed by atoms with E-state index in [4.69, 9.17) is 0 Å². The summed E-state index contributed by atoms with van der Waals surface area (Å²) >= 11 is 1.51. The number of nitrogens with zero attached hydrogens (tertiary/aromatic N) is 4. The van der Waals surface area contributed by atoms with Gasteiger partial charge in [0.1, 0.15) is 5.37 Å². The lowest BCUT2D eigenvalue weighted by atomic mass is 10.2. The Balaban J connectivity index is 1.75. The molecule has 0 saturated carbocycles. The molecular formula is C16H16N6O2S. The molecule has 25 heavy (non-hydrogen) atoms. The predicted molar refractivity (Wildman–Crippen MR) is 98.0 cm³/mol. The molecule has 1 aliphatic rings. The van der Waals surface area contributed by atoms with E-state index in [1.165, 1.54) is 23.0 Å². The van der Waals surface area contributed by atoms with E-state index in [1.807, 2.05) is 43.3 Å². The van der Waals surface area contributed by atoms with E-state index >= 15 is 0 Å². The highest BCUT2D eigenvalue weighted by Crippen LogP contribution is 2.40. The number of thioether (sulfide) groups is 1. The Morgan fingerprint density at radius 1 is 1.24 bits per heavy atom. The van der Waals surface area contributed by atoms with Crippen LogP contribution in [0.3, 0.4) is 0 Å². The van der Waals surface area contributed by atoms with Crippen molar-refractivity contribution in [1.82, 2.24) is 19.9 Å². The lowest BCUT2D eigenvalue weighted by Crippen LogP contribution is -2.31. The fraction of sp³-hybridized carbons (Fsp3) is 0.250. The normalized spacial score (nSPS) is 17.4. The molecule has 0 spiro atoms. The first-order chi connectivity index (χ1) is 12.0. The zero-order valence-corrected chi connectivity index (χ0v) is 14.5. The van der Waals surface area contributed by atoms with Gasteiger partial charge >= 0.3 is 0 Å². The van der Waals surface area contributed by atoms with Gasteiger partial charge in [-0.1, -0.05) is 12.1 Å². The molecule has 1 saturated heterocycles. The summed E-state index contributed by atoms with van der Waals surface area (Å²) in [6, 6.07) is 7.99. The van der Waals surface area contributed by atoms with Crippen molar-refractivity contribution in [3.05, 3.63) is 46.5 Å². The summed E-state index contributed by atoms with van der Waals surface area (Å²) < 4.78 is 0. The summed E-state index contributed by atoms with van der Waals surface area (Å²) in [5.74, 6) is 0.466. The number of benzene rings is 1. The highest BCUT2D eigenvalue weighted by atomic mass is 32.2. The maximum Gasteiger partial charge on any atom is 0.278 e. The summed E-state index contributed by atoms with van der Waals surface area (Å²) in [6.07, 6.45) is 1.41. The van der Waals surface area contributed by atoms with Gasteiger partial charge in [-0.15, -0.1) is 11.8 Å². The molecule has 1 atom stereocenters. The van der Waals surface area contributed by atoms with Gasteiger partial charge in [-0.3, -0.25) is 19.5 Å². The van der Waals surface area contributed by atoms with Crippen LogP contribution in [0.15, 0.2) is 35.4 Å². The van der Waals surface area contributed by atoms with Gasteiger partial charge in [0.05, 0.1) is 12.1 Å². The molecule has 3 heterocycles. The van der Waals surface area contributed by atoms with Crippen LogP contribution in [0.4, 0.5) is 11.6 Å². The van der Waals surface area contributed by atoms with Gasteiger partial charge in [0.2, 0.25) is 11.9 Å². The molecule has 1 fully saturated rings. The lowest BCUT2D eigenvalue weighted by Gasteiger charge is -2.23. The zero-order chi connectivity index (χ0) is 17.6. The van der Waals surface area contributed by atoms with Crippen LogP contribution in [0, 0.1) is 0 Å². The molecule has 0 bridgehead atoms. The molecule has 3 aromatic rings. The van der Waals surface area contributed by atoms with Gasteiger partial charge in [-0.05, 0) is 17.7 Å². The first-order valence-electron chi connectivity index (χ1n) is 7.69. The molecule has 2 N–H and O–H groups in total. The second-order valence-corrected chi connectivity index (χ2v) is 6.97. The van der Waals surface area contributed by atoms with E-state index in [0.717, 1.165) is 11.3 Å². The van der Waals surface area contributed by atoms with Crippen molar-refractivity contribution in [2.45, 2.75) is 5.37 Å². The molecule has 1 amide bonds. The van der Waals surface area contributed by atoms with Gasteiger partial charge in [0, 0.05) is 19.8 Å². The number of carbonyl (C=O) groups is 1. The number of imidazole rings is 1. The van der Waals surface area contributed by atoms with Crippen LogP contribution in [-0.4, -0.2) is 45.7 Å². The molecule has 0 radical (unpaired) electrons. The highest BCUT2D eigenvalue weighted by molar-refractivity contribution is 8.00. The minimum absolute atomic E-state index is 0.0929. The largest absolute Gasteiger partial charge is 0.378 e. The minimum atomic E-state index is -0.344. The molecule has 9 heteroatoms. The van der Waals surface area contributed by atoms with E-state index < -0.39 is 0 Å². The van der Waals surface area contributed by atoms with Crippen molar-refractivity contribution in [3.8, 4) is 0 Å². The monoisotopic (exact) mass is 356 g/mol. The van der Waals surface area contributed by atoms with Crippen molar-refractivity contribution in [1.29, 1.82) is 0 Å². The van der Waals surface area contributed by atoms with Gasteiger partial charge < -0.3 is 9.88 Å². The van der Waals surface area contributed by atoms with Gasteiger partial charge in [-0.2, -0.15) is 4.98 Å². The van der Waals surface area contributed by atoms with Crippen LogP contribution in [0.1, 0.15) is 10.9 Å². The third kappa shape index (κ3) is 2.66. The molecule has 4 rings (SSSR count). The third-order valence-electron chi connectivity index (χ3n) is 4.07. The number of fused-ring (bicyclic) bond motifs is 1. The molecule has 1 aliphatic heterocycles. The SMILES string of the molecule is CN(C)c1ccc(C2SCC(=O)N2c2nc3nc[nH]c3c(=O)[nH]2)cc1. The number of amides is 1. The second kappa shape index (κ2) is 5.92. The number of rotatable bonds is 3. The molecule has 1 unspecified atom stereocenters. The van der Waals surface area contributed by atoms with Gasteiger partial charge in [-0.25, -0.2) is 4.98 Å². The Bertz CT molecular complexity index is 994. The van der Waals surface area contributed by atoms with E-state index in [9.17, 15) is 9.59 Å². The summed E-state index contributed by atoms with van der Waals surface area (Å²) in [5.41, 5.74) is 2.31. The smallest absolute Gasteiger partial charge is 0.278 e. The lowest BCUT2D eigenvalue weighted by molar-refractivity contribution is -0.115. The first kappa shape index (κ1) is 15.7.